The Kier molecular flexibility index (Phi) is 3.13. The Balaban J connectivity index is 1.86. The summed E-state index contributed by atoms with van der Waals surface area (Å²) in [6.07, 6.45) is 0.770. The van der Waals surface area contributed by atoms with Crippen LogP contribution in [-0.4, -0.2) is 12.0 Å². The second-order valence-electron chi connectivity index (χ2n) is 4.14. The van der Waals surface area contributed by atoms with Crippen molar-refractivity contribution in [3.63, 3.8) is 0 Å². The third-order valence-electron chi connectivity index (χ3n) is 2.95. The highest BCUT2D eigenvalue weighted by Crippen LogP contribution is 2.24. The van der Waals surface area contributed by atoms with Crippen LogP contribution in [0, 0.1) is 0 Å². The minimum atomic E-state index is 0.262. The molecule has 1 atom stereocenters. The van der Waals surface area contributed by atoms with Crippen molar-refractivity contribution in [2.75, 3.05) is 7.05 Å². The molecule has 4 heteroatoms. The number of oxazole rings is 1. The van der Waals surface area contributed by atoms with Crippen molar-refractivity contribution in [2.24, 2.45) is 0 Å². The summed E-state index contributed by atoms with van der Waals surface area (Å²) in [6.45, 7) is 0. The van der Waals surface area contributed by atoms with Gasteiger partial charge in [0.25, 0.3) is 0 Å². The Morgan fingerprint density at radius 1 is 1.28 bits per heavy atom. The number of hydrogen-bond donors (Lipinski definition) is 1. The molecule has 0 aliphatic rings. The van der Waals surface area contributed by atoms with Crippen molar-refractivity contribution in [2.45, 2.75) is 12.5 Å². The number of nitrogens with one attached hydrogen (secondary N) is 1. The summed E-state index contributed by atoms with van der Waals surface area (Å²) in [5.74, 6) is 0.781. The Bertz CT molecular complexity index is 597. The van der Waals surface area contributed by atoms with Crippen LogP contribution in [0.15, 0.2) is 46.2 Å². The second-order valence-corrected chi connectivity index (χ2v) is 5.12. The van der Waals surface area contributed by atoms with Gasteiger partial charge in [-0.1, -0.05) is 18.2 Å². The average Bonchev–Trinajstić information content (AvgIpc) is 3.04. The largest absolute Gasteiger partial charge is 0.441 e. The summed E-state index contributed by atoms with van der Waals surface area (Å²) in [5, 5.41) is 5.40. The van der Waals surface area contributed by atoms with Gasteiger partial charge in [-0.25, -0.2) is 4.98 Å². The van der Waals surface area contributed by atoms with E-state index in [1.54, 1.807) is 11.3 Å². The molecule has 0 bridgehead atoms. The predicted molar refractivity (Wildman–Crippen MR) is 73.8 cm³/mol. The van der Waals surface area contributed by atoms with Crippen LogP contribution in [0.25, 0.3) is 11.1 Å². The lowest BCUT2D eigenvalue weighted by Crippen LogP contribution is -2.17. The molecule has 0 fully saturated rings. The van der Waals surface area contributed by atoms with Crippen LogP contribution in [0.4, 0.5) is 0 Å². The standard InChI is InChI=1S/C14H14N2OS/c1-15-11(13-7-4-8-18-13)9-14-16-10-5-2-3-6-12(10)17-14/h2-8,11,15H,9H2,1H3. The van der Waals surface area contributed by atoms with Crippen molar-refractivity contribution in [3.8, 4) is 0 Å². The van der Waals surface area contributed by atoms with Gasteiger partial charge >= 0.3 is 0 Å². The molecule has 0 saturated heterocycles. The van der Waals surface area contributed by atoms with Gasteiger partial charge in [0.1, 0.15) is 5.52 Å². The summed E-state index contributed by atoms with van der Waals surface area (Å²) in [6, 6.07) is 12.3. The Hall–Kier alpha value is -1.65. The van der Waals surface area contributed by atoms with Gasteiger partial charge in [-0.2, -0.15) is 0 Å². The molecule has 0 saturated carbocycles. The lowest BCUT2D eigenvalue weighted by atomic mass is 10.2. The van der Waals surface area contributed by atoms with Gasteiger partial charge in [-0.05, 0) is 30.6 Å². The van der Waals surface area contributed by atoms with Gasteiger partial charge in [-0.3, -0.25) is 0 Å². The molecule has 0 amide bonds. The Morgan fingerprint density at radius 3 is 2.89 bits per heavy atom. The zero-order valence-electron chi connectivity index (χ0n) is 10.1. The predicted octanol–water partition coefficient (Wildman–Crippen LogP) is 3.39. The molecule has 92 valence electrons. The van der Waals surface area contributed by atoms with E-state index < -0.39 is 0 Å². The first-order valence-corrected chi connectivity index (χ1v) is 6.80. The Morgan fingerprint density at radius 2 is 2.17 bits per heavy atom. The molecule has 18 heavy (non-hydrogen) atoms. The van der Waals surface area contributed by atoms with Crippen LogP contribution >= 0.6 is 11.3 Å². The molecule has 1 N–H and O–H groups in total. The highest BCUT2D eigenvalue weighted by atomic mass is 32.1. The molecule has 2 heterocycles. The number of hydrogen-bond acceptors (Lipinski definition) is 4. The number of aromatic nitrogens is 1. The maximum atomic E-state index is 5.75. The number of thiophene rings is 1. The van der Waals surface area contributed by atoms with Crippen molar-refractivity contribution in [3.05, 3.63) is 52.5 Å². The van der Waals surface area contributed by atoms with Gasteiger partial charge in [0.2, 0.25) is 0 Å². The number of rotatable bonds is 4. The summed E-state index contributed by atoms with van der Waals surface area (Å²) >= 11 is 1.75. The van der Waals surface area contributed by atoms with E-state index in [-0.39, 0.29) is 6.04 Å². The second kappa shape index (κ2) is 4.92. The van der Waals surface area contributed by atoms with E-state index in [4.69, 9.17) is 4.42 Å². The lowest BCUT2D eigenvalue weighted by Gasteiger charge is -2.11. The van der Waals surface area contributed by atoms with Crippen molar-refractivity contribution in [1.82, 2.24) is 10.3 Å². The monoisotopic (exact) mass is 258 g/mol. The van der Waals surface area contributed by atoms with E-state index in [0.29, 0.717) is 0 Å². The van der Waals surface area contributed by atoms with Gasteiger partial charge in [0, 0.05) is 17.3 Å². The first kappa shape index (κ1) is 11.4. The number of nitrogens with zero attached hydrogens (tertiary/aromatic N) is 1. The van der Waals surface area contributed by atoms with E-state index in [1.807, 2.05) is 31.3 Å². The topological polar surface area (TPSA) is 38.1 Å². The molecule has 2 aromatic heterocycles. The van der Waals surface area contributed by atoms with Gasteiger partial charge in [-0.15, -0.1) is 11.3 Å². The maximum absolute atomic E-state index is 5.75. The first-order chi connectivity index (χ1) is 8.86. The van der Waals surface area contributed by atoms with E-state index in [0.717, 1.165) is 23.4 Å². The number of benzene rings is 1. The molecule has 3 rings (SSSR count). The molecule has 3 nitrogen and oxygen atoms in total. The van der Waals surface area contributed by atoms with Crippen LogP contribution in [0.1, 0.15) is 16.8 Å². The molecule has 0 radical (unpaired) electrons. The minimum absolute atomic E-state index is 0.262. The SMILES string of the molecule is CNC(Cc1nc2ccccc2o1)c1cccs1. The fraction of sp³-hybridized carbons (Fsp3) is 0.214. The zero-order chi connectivity index (χ0) is 12.4. The number of para-hydroxylation sites is 2. The summed E-state index contributed by atoms with van der Waals surface area (Å²) in [7, 11) is 1.97. The van der Waals surface area contributed by atoms with Crippen LogP contribution in [0.5, 0.6) is 0 Å². The average molecular weight is 258 g/mol. The molecule has 0 aliphatic heterocycles. The summed E-state index contributed by atoms with van der Waals surface area (Å²) < 4.78 is 5.75. The fourth-order valence-electron chi connectivity index (χ4n) is 2.02. The van der Waals surface area contributed by atoms with Crippen LogP contribution in [0.3, 0.4) is 0 Å². The normalized spacial score (nSPS) is 12.9. The highest BCUT2D eigenvalue weighted by Gasteiger charge is 2.15. The molecule has 3 aromatic rings. The number of fused-ring (bicyclic) bond motifs is 1. The third kappa shape index (κ3) is 2.17. The Labute approximate surface area is 109 Å². The smallest absolute Gasteiger partial charge is 0.197 e. The van der Waals surface area contributed by atoms with Crippen LogP contribution in [-0.2, 0) is 6.42 Å². The van der Waals surface area contributed by atoms with Crippen molar-refractivity contribution in [1.29, 1.82) is 0 Å². The third-order valence-corrected chi connectivity index (χ3v) is 3.94. The van der Waals surface area contributed by atoms with Gasteiger partial charge in [0.15, 0.2) is 11.5 Å². The van der Waals surface area contributed by atoms with E-state index >= 15 is 0 Å². The van der Waals surface area contributed by atoms with E-state index in [2.05, 4.69) is 27.8 Å². The summed E-state index contributed by atoms with van der Waals surface area (Å²) in [4.78, 5) is 5.81. The highest BCUT2D eigenvalue weighted by molar-refractivity contribution is 7.10. The van der Waals surface area contributed by atoms with Crippen LogP contribution < -0.4 is 5.32 Å². The molecular weight excluding hydrogens is 244 g/mol. The van der Waals surface area contributed by atoms with Crippen molar-refractivity contribution >= 4 is 22.4 Å². The quantitative estimate of drug-likeness (QED) is 0.779. The molecule has 1 aromatic carbocycles. The minimum Gasteiger partial charge on any atom is -0.441 e. The molecule has 0 aliphatic carbocycles. The summed E-state index contributed by atoms with van der Waals surface area (Å²) in [5.41, 5.74) is 1.78. The van der Waals surface area contributed by atoms with Crippen molar-refractivity contribution < 1.29 is 4.42 Å². The molecule has 0 spiro atoms. The molecular formula is C14H14N2OS. The van der Waals surface area contributed by atoms with E-state index in [1.165, 1.54) is 4.88 Å². The fourth-order valence-corrected chi connectivity index (χ4v) is 2.85. The first-order valence-electron chi connectivity index (χ1n) is 5.92. The van der Waals surface area contributed by atoms with Crippen LogP contribution in [0.2, 0.25) is 0 Å². The van der Waals surface area contributed by atoms with E-state index in [9.17, 15) is 0 Å². The lowest BCUT2D eigenvalue weighted by molar-refractivity contribution is 0.477. The number of likely N-dealkylation sites (N-methyl/N-ethyl adjacent to an activating group) is 1. The zero-order valence-corrected chi connectivity index (χ0v) is 10.9. The molecule has 1 unspecified atom stereocenters. The van der Waals surface area contributed by atoms with Gasteiger partial charge in [0.05, 0.1) is 0 Å². The maximum Gasteiger partial charge on any atom is 0.197 e. The van der Waals surface area contributed by atoms with Gasteiger partial charge < -0.3 is 9.73 Å².